The molecule has 0 spiro atoms. The molecule has 0 aromatic rings. The fourth-order valence-electron chi connectivity index (χ4n) is 1.52. The summed E-state index contributed by atoms with van der Waals surface area (Å²) >= 11 is 0. The largest absolute Gasteiger partial charge is 0.358 e. The molecule has 0 rings (SSSR count). The first kappa shape index (κ1) is 13.4. The van der Waals surface area contributed by atoms with E-state index in [0.717, 1.165) is 19.4 Å². The molecule has 0 aliphatic carbocycles. The van der Waals surface area contributed by atoms with Gasteiger partial charge in [0.2, 0.25) is 5.91 Å². The van der Waals surface area contributed by atoms with Gasteiger partial charge >= 0.3 is 0 Å². The number of nitrogens with one attached hydrogen (secondary N) is 1. The van der Waals surface area contributed by atoms with Gasteiger partial charge in [-0.15, -0.1) is 0 Å². The molecule has 4 nitrogen and oxygen atoms in total. The molecule has 0 aliphatic rings. The SMILES string of the molecule is CCCN(CC(=O)NC)C(CC)CN. The van der Waals surface area contributed by atoms with Crippen molar-refractivity contribution in [2.24, 2.45) is 5.73 Å². The van der Waals surface area contributed by atoms with Gasteiger partial charge in [-0.05, 0) is 19.4 Å². The van der Waals surface area contributed by atoms with E-state index in [0.29, 0.717) is 19.1 Å². The predicted molar refractivity (Wildman–Crippen MR) is 59.1 cm³/mol. The summed E-state index contributed by atoms with van der Waals surface area (Å²) in [6, 6.07) is 0.326. The number of carbonyl (C=O) groups is 1. The lowest BCUT2D eigenvalue weighted by atomic mass is 10.2. The lowest BCUT2D eigenvalue weighted by molar-refractivity contribution is -0.122. The molecule has 0 bridgehead atoms. The van der Waals surface area contributed by atoms with E-state index >= 15 is 0 Å². The first-order valence-corrected chi connectivity index (χ1v) is 5.34. The Morgan fingerprint density at radius 1 is 1.50 bits per heavy atom. The fraction of sp³-hybridized carbons (Fsp3) is 0.900. The smallest absolute Gasteiger partial charge is 0.233 e. The summed E-state index contributed by atoms with van der Waals surface area (Å²) in [5, 5.41) is 2.64. The van der Waals surface area contributed by atoms with Crippen LogP contribution >= 0.6 is 0 Å². The molecule has 0 saturated heterocycles. The van der Waals surface area contributed by atoms with E-state index in [4.69, 9.17) is 5.73 Å². The zero-order chi connectivity index (χ0) is 11.0. The molecule has 3 N–H and O–H groups in total. The van der Waals surface area contributed by atoms with Gasteiger partial charge in [0.05, 0.1) is 6.54 Å². The molecule has 1 amide bonds. The van der Waals surface area contributed by atoms with E-state index in [1.807, 2.05) is 0 Å². The minimum atomic E-state index is 0.0605. The van der Waals surface area contributed by atoms with Crippen molar-refractivity contribution in [3.63, 3.8) is 0 Å². The molecular weight excluding hydrogens is 178 g/mol. The summed E-state index contributed by atoms with van der Waals surface area (Å²) in [6.45, 7) is 6.22. The number of nitrogens with two attached hydrogens (primary N) is 1. The number of amides is 1. The van der Waals surface area contributed by atoms with Crippen molar-refractivity contribution >= 4 is 5.91 Å². The van der Waals surface area contributed by atoms with Crippen LogP contribution in [0.3, 0.4) is 0 Å². The molecule has 0 heterocycles. The number of nitrogens with zero attached hydrogens (tertiary/aromatic N) is 1. The van der Waals surface area contributed by atoms with Crippen molar-refractivity contribution in [3.8, 4) is 0 Å². The average Bonchev–Trinajstić information content (AvgIpc) is 2.19. The second-order valence-electron chi connectivity index (χ2n) is 3.44. The van der Waals surface area contributed by atoms with E-state index in [9.17, 15) is 4.79 Å². The standard InChI is InChI=1S/C10H23N3O/c1-4-6-13(8-10(14)12-3)9(5-2)7-11/h9H,4-8,11H2,1-3H3,(H,12,14). The third-order valence-corrected chi connectivity index (χ3v) is 2.40. The van der Waals surface area contributed by atoms with Crippen LogP contribution in [0.15, 0.2) is 0 Å². The van der Waals surface area contributed by atoms with E-state index in [1.165, 1.54) is 0 Å². The highest BCUT2D eigenvalue weighted by atomic mass is 16.1. The highest BCUT2D eigenvalue weighted by Crippen LogP contribution is 2.03. The van der Waals surface area contributed by atoms with Crippen molar-refractivity contribution < 1.29 is 4.79 Å². The summed E-state index contributed by atoms with van der Waals surface area (Å²) in [6.07, 6.45) is 2.04. The molecule has 0 aromatic carbocycles. The normalized spacial score (nSPS) is 12.9. The maximum absolute atomic E-state index is 11.2. The first-order chi connectivity index (χ1) is 6.69. The van der Waals surface area contributed by atoms with Gasteiger partial charge in [-0.25, -0.2) is 0 Å². The highest BCUT2D eigenvalue weighted by Gasteiger charge is 2.16. The molecule has 0 fully saturated rings. The summed E-state index contributed by atoms with van der Waals surface area (Å²) in [5.41, 5.74) is 5.66. The van der Waals surface area contributed by atoms with Crippen molar-refractivity contribution in [2.45, 2.75) is 32.7 Å². The Kier molecular flexibility index (Phi) is 7.42. The van der Waals surface area contributed by atoms with Crippen LogP contribution in [0.4, 0.5) is 0 Å². The van der Waals surface area contributed by atoms with E-state index in [1.54, 1.807) is 7.05 Å². The molecule has 84 valence electrons. The van der Waals surface area contributed by atoms with Crippen LogP contribution in [0.2, 0.25) is 0 Å². The van der Waals surface area contributed by atoms with E-state index in [2.05, 4.69) is 24.1 Å². The van der Waals surface area contributed by atoms with Crippen LogP contribution in [0.1, 0.15) is 26.7 Å². The first-order valence-electron chi connectivity index (χ1n) is 5.34. The summed E-state index contributed by atoms with van der Waals surface area (Å²) in [5.74, 6) is 0.0605. The van der Waals surface area contributed by atoms with Gasteiger partial charge < -0.3 is 11.1 Å². The van der Waals surface area contributed by atoms with Gasteiger partial charge in [0.15, 0.2) is 0 Å². The lowest BCUT2D eigenvalue weighted by Crippen LogP contribution is -2.45. The Labute approximate surface area is 86.8 Å². The molecule has 0 saturated carbocycles. The molecule has 0 radical (unpaired) electrons. The summed E-state index contributed by atoms with van der Waals surface area (Å²) in [4.78, 5) is 13.4. The number of hydrogen-bond donors (Lipinski definition) is 2. The van der Waals surface area contributed by atoms with Crippen LogP contribution in [-0.2, 0) is 4.79 Å². The van der Waals surface area contributed by atoms with Crippen molar-refractivity contribution in [2.75, 3.05) is 26.7 Å². The minimum Gasteiger partial charge on any atom is -0.358 e. The van der Waals surface area contributed by atoms with Crippen LogP contribution < -0.4 is 11.1 Å². The van der Waals surface area contributed by atoms with Crippen molar-refractivity contribution in [3.05, 3.63) is 0 Å². The minimum absolute atomic E-state index is 0.0605. The molecule has 0 aliphatic heterocycles. The Morgan fingerprint density at radius 2 is 2.14 bits per heavy atom. The Morgan fingerprint density at radius 3 is 2.50 bits per heavy atom. The Bertz CT molecular complexity index is 157. The van der Waals surface area contributed by atoms with Crippen LogP contribution in [0, 0.1) is 0 Å². The fourth-order valence-corrected chi connectivity index (χ4v) is 1.52. The van der Waals surface area contributed by atoms with Crippen LogP contribution in [0.5, 0.6) is 0 Å². The number of hydrogen-bond acceptors (Lipinski definition) is 3. The zero-order valence-corrected chi connectivity index (χ0v) is 9.55. The van der Waals surface area contributed by atoms with Gasteiger partial charge in [-0.3, -0.25) is 9.69 Å². The van der Waals surface area contributed by atoms with E-state index < -0.39 is 0 Å². The van der Waals surface area contributed by atoms with Crippen molar-refractivity contribution in [1.29, 1.82) is 0 Å². The van der Waals surface area contributed by atoms with Gasteiger partial charge in [0.1, 0.15) is 0 Å². The summed E-state index contributed by atoms with van der Waals surface area (Å²) in [7, 11) is 1.66. The quantitative estimate of drug-likeness (QED) is 0.618. The average molecular weight is 201 g/mol. The molecule has 1 unspecified atom stereocenters. The van der Waals surface area contributed by atoms with Crippen LogP contribution in [0.25, 0.3) is 0 Å². The zero-order valence-electron chi connectivity index (χ0n) is 9.55. The molecule has 0 aromatic heterocycles. The maximum atomic E-state index is 11.2. The van der Waals surface area contributed by atoms with Crippen LogP contribution in [-0.4, -0.2) is 43.5 Å². The van der Waals surface area contributed by atoms with Gasteiger partial charge in [-0.2, -0.15) is 0 Å². The Hall–Kier alpha value is -0.610. The number of likely N-dealkylation sites (N-methyl/N-ethyl adjacent to an activating group) is 1. The summed E-state index contributed by atoms with van der Waals surface area (Å²) < 4.78 is 0. The van der Waals surface area contributed by atoms with Gasteiger partial charge in [-0.1, -0.05) is 13.8 Å². The predicted octanol–water partition coefficient (Wildman–Crippen LogP) is 0.182. The van der Waals surface area contributed by atoms with Crippen molar-refractivity contribution in [1.82, 2.24) is 10.2 Å². The topological polar surface area (TPSA) is 58.4 Å². The third-order valence-electron chi connectivity index (χ3n) is 2.40. The molecular formula is C10H23N3O. The second kappa shape index (κ2) is 7.76. The highest BCUT2D eigenvalue weighted by molar-refractivity contribution is 5.77. The monoisotopic (exact) mass is 201 g/mol. The maximum Gasteiger partial charge on any atom is 0.233 e. The van der Waals surface area contributed by atoms with Gasteiger partial charge in [0, 0.05) is 19.6 Å². The second-order valence-corrected chi connectivity index (χ2v) is 3.44. The van der Waals surface area contributed by atoms with E-state index in [-0.39, 0.29) is 5.91 Å². The third kappa shape index (κ3) is 4.58. The molecule has 14 heavy (non-hydrogen) atoms. The molecule has 4 heteroatoms. The number of rotatable bonds is 7. The molecule has 1 atom stereocenters. The number of carbonyl (C=O) groups excluding carboxylic acids is 1. The van der Waals surface area contributed by atoms with Gasteiger partial charge in [0.25, 0.3) is 0 Å². The lowest BCUT2D eigenvalue weighted by Gasteiger charge is -2.28. The Balaban J connectivity index is 4.17.